The smallest absolute Gasteiger partial charge is 0.101 e. The SMILES string of the molecule is C=C(C)[C@@H]1CC[C@]2(C(=O)[O-])CC[C@]3(C)[C@H](CC[C@@H]4[C@@]5(C)CC[C@H](O)C(C)(C)[C@@H]5CC[C@]43C)[C@@H]12.C[N+](C)(C)CCO. The minimum absolute atomic E-state index is 0.0285. The Hall–Kier alpha value is -0.910. The summed E-state index contributed by atoms with van der Waals surface area (Å²) in [5.41, 5.74) is 1.15. The Bertz CT molecular complexity index is 984. The first-order chi connectivity index (χ1) is 18.3. The normalized spacial score (nSPS) is 47.5. The molecule has 230 valence electrons. The molecule has 5 saturated carbocycles. The number of nitrogens with zero attached hydrogens (tertiary/aromatic N) is 1. The lowest BCUT2D eigenvalue weighted by molar-refractivity contribution is -0.870. The van der Waals surface area contributed by atoms with E-state index in [4.69, 9.17) is 5.11 Å². The summed E-state index contributed by atoms with van der Waals surface area (Å²) in [5.74, 6) is 1.38. The summed E-state index contributed by atoms with van der Waals surface area (Å²) >= 11 is 0. The molecule has 0 aromatic carbocycles. The van der Waals surface area contributed by atoms with E-state index in [0.29, 0.717) is 23.7 Å². The third-order valence-corrected chi connectivity index (χ3v) is 14.2. The number of allylic oxidation sites excluding steroid dienone is 1. The molecule has 0 aliphatic heterocycles. The molecule has 0 aromatic heterocycles. The number of quaternary nitrogens is 1. The van der Waals surface area contributed by atoms with Crippen LogP contribution in [0.3, 0.4) is 0 Å². The Morgan fingerprint density at radius 2 is 1.52 bits per heavy atom. The summed E-state index contributed by atoms with van der Waals surface area (Å²) in [6.07, 6.45) is 10.1. The quantitative estimate of drug-likeness (QED) is 0.355. The van der Waals surface area contributed by atoms with Crippen molar-refractivity contribution in [1.82, 2.24) is 0 Å². The second-order valence-electron chi connectivity index (χ2n) is 17.2. The Morgan fingerprint density at radius 1 is 0.875 bits per heavy atom. The predicted octanol–water partition coefficient (Wildman–Crippen LogP) is 5.44. The van der Waals surface area contributed by atoms with Gasteiger partial charge in [-0.3, -0.25) is 0 Å². The van der Waals surface area contributed by atoms with Crippen LogP contribution in [0.5, 0.6) is 0 Å². The molecule has 2 N–H and O–H groups in total. The third-order valence-electron chi connectivity index (χ3n) is 14.2. The van der Waals surface area contributed by atoms with E-state index in [1.807, 2.05) is 0 Å². The number of carboxylic acids is 1. The number of carbonyl (C=O) groups is 1. The number of carboxylic acid groups (broad SMARTS) is 1. The number of likely N-dealkylation sites (N-methyl/N-ethyl adjacent to an activating group) is 1. The van der Waals surface area contributed by atoms with Crippen LogP contribution < -0.4 is 5.11 Å². The Balaban J connectivity index is 0.000000470. The van der Waals surface area contributed by atoms with Crippen molar-refractivity contribution in [1.29, 1.82) is 0 Å². The fourth-order valence-electron chi connectivity index (χ4n) is 11.8. The van der Waals surface area contributed by atoms with Gasteiger partial charge in [0.25, 0.3) is 0 Å². The molecule has 5 nitrogen and oxygen atoms in total. The molecule has 5 aliphatic carbocycles. The lowest BCUT2D eigenvalue weighted by Crippen LogP contribution is -2.67. The number of aliphatic hydroxyl groups is 2. The van der Waals surface area contributed by atoms with Crippen LogP contribution in [-0.2, 0) is 4.79 Å². The zero-order valence-corrected chi connectivity index (χ0v) is 27.3. The number of rotatable bonds is 4. The van der Waals surface area contributed by atoms with Gasteiger partial charge in [-0.1, -0.05) is 46.8 Å². The average Bonchev–Trinajstić information content (AvgIpc) is 3.23. The number of hydrogen-bond donors (Lipinski definition) is 2. The van der Waals surface area contributed by atoms with Crippen LogP contribution >= 0.6 is 0 Å². The maximum Gasteiger partial charge on any atom is 0.101 e. The maximum atomic E-state index is 12.6. The first-order valence-electron chi connectivity index (χ1n) is 16.3. The molecule has 0 bridgehead atoms. The largest absolute Gasteiger partial charge is 0.550 e. The molecule has 0 radical (unpaired) electrons. The molecule has 5 rings (SSSR count). The first-order valence-corrected chi connectivity index (χ1v) is 16.3. The van der Waals surface area contributed by atoms with E-state index in [1.54, 1.807) is 0 Å². The molecule has 0 heterocycles. The van der Waals surface area contributed by atoms with E-state index < -0.39 is 11.4 Å². The van der Waals surface area contributed by atoms with Crippen LogP contribution in [0, 0.1) is 56.7 Å². The van der Waals surface area contributed by atoms with Crippen molar-refractivity contribution in [3.63, 3.8) is 0 Å². The fourth-order valence-corrected chi connectivity index (χ4v) is 11.8. The molecule has 5 fully saturated rings. The van der Waals surface area contributed by atoms with Gasteiger partial charge < -0.3 is 24.6 Å². The zero-order chi connectivity index (χ0) is 30.1. The molecule has 40 heavy (non-hydrogen) atoms. The zero-order valence-electron chi connectivity index (χ0n) is 27.3. The molecular weight excluding hydrogens is 498 g/mol. The number of carbonyl (C=O) groups excluding carboxylic acids is 1. The van der Waals surface area contributed by atoms with Crippen LogP contribution in [0.25, 0.3) is 0 Å². The highest BCUT2D eigenvalue weighted by Gasteiger charge is 2.71. The van der Waals surface area contributed by atoms with Crippen molar-refractivity contribution >= 4 is 5.97 Å². The van der Waals surface area contributed by atoms with Gasteiger partial charge in [-0.2, -0.15) is 0 Å². The summed E-state index contributed by atoms with van der Waals surface area (Å²) in [7, 11) is 6.16. The van der Waals surface area contributed by atoms with E-state index in [2.05, 4.69) is 69.3 Å². The summed E-state index contributed by atoms with van der Waals surface area (Å²) in [6.45, 7) is 19.9. The van der Waals surface area contributed by atoms with Gasteiger partial charge in [-0.05, 0) is 122 Å². The highest BCUT2D eigenvalue weighted by molar-refractivity contribution is 5.74. The molecule has 5 heteroatoms. The van der Waals surface area contributed by atoms with Crippen molar-refractivity contribution in [2.45, 2.75) is 112 Å². The van der Waals surface area contributed by atoms with Gasteiger partial charge in [0, 0.05) is 11.4 Å². The summed E-state index contributed by atoms with van der Waals surface area (Å²) < 4.78 is 0.844. The van der Waals surface area contributed by atoms with E-state index in [9.17, 15) is 15.0 Å². The van der Waals surface area contributed by atoms with Crippen molar-refractivity contribution in [2.24, 2.45) is 56.7 Å². The van der Waals surface area contributed by atoms with Gasteiger partial charge in [0.2, 0.25) is 0 Å². The van der Waals surface area contributed by atoms with E-state index >= 15 is 0 Å². The van der Waals surface area contributed by atoms with Crippen LogP contribution in [0.2, 0.25) is 0 Å². The summed E-state index contributed by atoms with van der Waals surface area (Å²) in [4.78, 5) is 12.6. The number of aliphatic carboxylic acids is 1. The van der Waals surface area contributed by atoms with Gasteiger partial charge >= 0.3 is 0 Å². The highest BCUT2D eigenvalue weighted by atomic mass is 16.4. The number of fused-ring (bicyclic) bond motifs is 7. The number of aliphatic hydroxyl groups excluding tert-OH is 2. The summed E-state index contributed by atoms with van der Waals surface area (Å²) in [5, 5.41) is 31.9. The van der Waals surface area contributed by atoms with E-state index in [-0.39, 0.29) is 40.3 Å². The van der Waals surface area contributed by atoms with Gasteiger partial charge in [-0.25, -0.2) is 0 Å². The Morgan fingerprint density at radius 3 is 2.05 bits per heavy atom. The molecule has 5 aliphatic rings. The van der Waals surface area contributed by atoms with Crippen molar-refractivity contribution in [3.05, 3.63) is 12.2 Å². The minimum Gasteiger partial charge on any atom is -0.550 e. The standard InChI is InChI=1S/C30H48O3.C5H14NO/c1-18(2)19-10-15-30(25(32)33)17-16-28(6)20(24(19)30)8-9-22-27(5)13-12-23(31)26(3,4)21(27)11-14-29(22,28)7;1-6(2,3)4-5-7/h19-24,31H,1,8-17H2,2-7H3,(H,32,33);7H,4-5H2,1-3H3/q;+1/p-1/t19-,20+,21-,22+,23-,24+,27-,28+,29+,30-;/m0./s1. The molecule has 0 unspecified atom stereocenters. The Kier molecular flexibility index (Phi) is 8.30. The second-order valence-corrected chi connectivity index (χ2v) is 17.2. The molecular formula is C35H61NO4. The van der Waals surface area contributed by atoms with Crippen LogP contribution in [0.15, 0.2) is 12.2 Å². The lowest BCUT2D eigenvalue weighted by atomic mass is 9.32. The van der Waals surface area contributed by atoms with Gasteiger partial charge in [0.15, 0.2) is 0 Å². The molecule has 10 atom stereocenters. The van der Waals surface area contributed by atoms with Crippen molar-refractivity contribution in [2.75, 3.05) is 34.3 Å². The van der Waals surface area contributed by atoms with Crippen molar-refractivity contribution in [3.8, 4) is 0 Å². The highest BCUT2D eigenvalue weighted by Crippen LogP contribution is 2.77. The molecule has 0 saturated heterocycles. The van der Waals surface area contributed by atoms with Gasteiger partial charge in [0.1, 0.15) is 6.54 Å². The fraction of sp³-hybridized carbons (Fsp3) is 0.914. The Labute approximate surface area is 245 Å². The maximum absolute atomic E-state index is 12.6. The topological polar surface area (TPSA) is 80.6 Å². The third kappa shape index (κ3) is 4.64. The van der Waals surface area contributed by atoms with E-state index in [0.717, 1.165) is 56.0 Å². The monoisotopic (exact) mass is 559 g/mol. The van der Waals surface area contributed by atoms with Gasteiger partial charge in [-0.15, -0.1) is 0 Å². The molecule has 0 amide bonds. The first kappa shape index (κ1) is 32.0. The van der Waals surface area contributed by atoms with Gasteiger partial charge in [0.05, 0.1) is 33.9 Å². The van der Waals surface area contributed by atoms with Crippen LogP contribution in [0.1, 0.15) is 106 Å². The molecule has 0 aromatic rings. The van der Waals surface area contributed by atoms with Crippen LogP contribution in [-0.4, -0.2) is 61.1 Å². The van der Waals surface area contributed by atoms with Crippen LogP contribution in [0.4, 0.5) is 0 Å². The molecule has 0 spiro atoms. The average molecular weight is 560 g/mol. The minimum atomic E-state index is -0.788. The summed E-state index contributed by atoms with van der Waals surface area (Å²) in [6, 6.07) is 0. The lowest BCUT2D eigenvalue weighted by Gasteiger charge is -2.73. The number of hydrogen-bond acceptors (Lipinski definition) is 4. The predicted molar refractivity (Wildman–Crippen MR) is 160 cm³/mol. The van der Waals surface area contributed by atoms with Crippen molar-refractivity contribution < 1.29 is 24.6 Å². The second kappa shape index (κ2) is 10.4. The van der Waals surface area contributed by atoms with E-state index in [1.165, 1.54) is 24.8 Å².